The number of nitrogens with one attached hydrogen (secondary N) is 2. The number of aromatic amines is 1. The molecule has 7 nitrogen and oxygen atoms in total. The van der Waals surface area contributed by atoms with E-state index in [0.717, 1.165) is 0 Å². The summed E-state index contributed by atoms with van der Waals surface area (Å²) in [6, 6.07) is -0.570. The highest BCUT2D eigenvalue weighted by Crippen LogP contribution is 2.05. The van der Waals surface area contributed by atoms with Crippen molar-refractivity contribution in [1.29, 1.82) is 0 Å². The maximum absolute atomic E-state index is 11.6. The Kier molecular flexibility index (Phi) is 4.50. The van der Waals surface area contributed by atoms with E-state index in [9.17, 15) is 9.59 Å². The van der Waals surface area contributed by atoms with Crippen LogP contribution in [0.3, 0.4) is 0 Å². The third-order valence-electron chi connectivity index (χ3n) is 2.28. The van der Waals surface area contributed by atoms with Gasteiger partial charge in [0.05, 0.1) is 12.5 Å². The van der Waals surface area contributed by atoms with Gasteiger partial charge in [0, 0.05) is 26.0 Å². The van der Waals surface area contributed by atoms with Gasteiger partial charge in [-0.2, -0.15) is 0 Å². The molecule has 3 N–H and O–H groups in total. The minimum atomic E-state index is -0.927. The Morgan fingerprint density at radius 2 is 2.35 bits per heavy atom. The molecular weight excluding hydrogens is 224 g/mol. The standard InChI is InChI=1S/C10H16N4O3/c1-7(9-11-4-5-12-9)13-10(17)14(2)6-3-8(15)16/h4-5,7H,3,6H2,1-2H3,(H,11,12)(H,13,17)(H,15,16). The van der Waals surface area contributed by atoms with Crippen molar-refractivity contribution in [3.63, 3.8) is 0 Å². The normalized spacial score (nSPS) is 11.9. The lowest BCUT2D eigenvalue weighted by molar-refractivity contribution is -0.137. The number of hydrogen-bond acceptors (Lipinski definition) is 3. The maximum atomic E-state index is 11.6. The molecule has 0 saturated heterocycles. The zero-order chi connectivity index (χ0) is 12.8. The zero-order valence-electron chi connectivity index (χ0n) is 9.80. The van der Waals surface area contributed by atoms with E-state index in [1.807, 2.05) is 0 Å². The van der Waals surface area contributed by atoms with Crippen molar-refractivity contribution in [3.05, 3.63) is 18.2 Å². The minimum absolute atomic E-state index is 0.0704. The number of amides is 2. The van der Waals surface area contributed by atoms with E-state index in [4.69, 9.17) is 5.11 Å². The Labute approximate surface area is 98.8 Å². The van der Waals surface area contributed by atoms with Gasteiger partial charge in [-0.1, -0.05) is 0 Å². The van der Waals surface area contributed by atoms with Crippen molar-refractivity contribution < 1.29 is 14.7 Å². The first-order chi connectivity index (χ1) is 8.00. The fourth-order valence-corrected chi connectivity index (χ4v) is 1.24. The number of carbonyl (C=O) groups is 2. The summed E-state index contributed by atoms with van der Waals surface area (Å²) >= 11 is 0. The molecule has 0 spiro atoms. The summed E-state index contributed by atoms with van der Waals surface area (Å²) in [5.41, 5.74) is 0. The average molecular weight is 240 g/mol. The first-order valence-electron chi connectivity index (χ1n) is 5.23. The van der Waals surface area contributed by atoms with E-state index in [1.165, 1.54) is 4.90 Å². The van der Waals surface area contributed by atoms with E-state index >= 15 is 0 Å². The number of rotatable bonds is 5. The minimum Gasteiger partial charge on any atom is -0.481 e. The molecule has 0 aliphatic heterocycles. The van der Waals surface area contributed by atoms with Gasteiger partial charge < -0.3 is 20.3 Å². The number of H-pyrrole nitrogens is 1. The number of hydrogen-bond donors (Lipinski definition) is 3. The number of carboxylic acid groups (broad SMARTS) is 1. The van der Waals surface area contributed by atoms with Crippen molar-refractivity contribution in [2.24, 2.45) is 0 Å². The quantitative estimate of drug-likeness (QED) is 0.701. The van der Waals surface area contributed by atoms with Gasteiger partial charge in [0.2, 0.25) is 0 Å². The van der Waals surface area contributed by atoms with Gasteiger partial charge in [-0.15, -0.1) is 0 Å². The van der Waals surface area contributed by atoms with Gasteiger partial charge in [-0.05, 0) is 6.92 Å². The maximum Gasteiger partial charge on any atom is 0.317 e. The lowest BCUT2D eigenvalue weighted by Crippen LogP contribution is -2.39. The summed E-state index contributed by atoms with van der Waals surface area (Å²) in [6.07, 6.45) is 3.21. The van der Waals surface area contributed by atoms with Crippen molar-refractivity contribution in [2.75, 3.05) is 13.6 Å². The molecule has 0 fully saturated rings. The molecule has 1 rings (SSSR count). The van der Waals surface area contributed by atoms with Gasteiger partial charge in [0.15, 0.2) is 0 Å². The van der Waals surface area contributed by atoms with Crippen LogP contribution in [0.2, 0.25) is 0 Å². The first kappa shape index (κ1) is 13.0. The lowest BCUT2D eigenvalue weighted by atomic mass is 10.3. The summed E-state index contributed by atoms with van der Waals surface area (Å²) < 4.78 is 0. The van der Waals surface area contributed by atoms with Crippen molar-refractivity contribution in [2.45, 2.75) is 19.4 Å². The molecule has 0 aliphatic rings. The number of nitrogens with zero attached hydrogens (tertiary/aromatic N) is 2. The monoisotopic (exact) mass is 240 g/mol. The Bertz CT molecular complexity index is 377. The van der Waals surface area contributed by atoms with E-state index in [2.05, 4.69) is 15.3 Å². The molecule has 1 unspecified atom stereocenters. The fraction of sp³-hybridized carbons (Fsp3) is 0.500. The third-order valence-corrected chi connectivity index (χ3v) is 2.28. The molecule has 0 aliphatic carbocycles. The fourth-order valence-electron chi connectivity index (χ4n) is 1.24. The highest BCUT2D eigenvalue weighted by atomic mass is 16.4. The number of carbonyl (C=O) groups excluding carboxylic acids is 1. The molecule has 1 aromatic rings. The van der Waals surface area contributed by atoms with E-state index in [0.29, 0.717) is 5.82 Å². The number of imidazole rings is 1. The zero-order valence-corrected chi connectivity index (χ0v) is 9.80. The van der Waals surface area contributed by atoms with Gasteiger partial charge in [0.1, 0.15) is 5.82 Å². The predicted octanol–water partition coefficient (Wildman–Crippen LogP) is 0.587. The Morgan fingerprint density at radius 1 is 1.65 bits per heavy atom. The number of aromatic nitrogens is 2. The van der Waals surface area contributed by atoms with E-state index in [1.54, 1.807) is 26.4 Å². The second-order valence-electron chi connectivity index (χ2n) is 3.71. The smallest absolute Gasteiger partial charge is 0.317 e. The molecule has 1 heterocycles. The molecule has 7 heteroatoms. The molecule has 0 aromatic carbocycles. The summed E-state index contributed by atoms with van der Waals surface area (Å²) in [7, 11) is 1.55. The van der Waals surface area contributed by atoms with Crippen molar-refractivity contribution in [3.8, 4) is 0 Å². The Hall–Kier alpha value is -2.05. The van der Waals surface area contributed by atoms with Crippen LogP contribution in [0.5, 0.6) is 0 Å². The van der Waals surface area contributed by atoms with Crippen LogP contribution in [0.4, 0.5) is 4.79 Å². The molecule has 1 atom stereocenters. The topological polar surface area (TPSA) is 98.3 Å². The highest BCUT2D eigenvalue weighted by molar-refractivity contribution is 5.75. The Balaban J connectivity index is 2.40. The molecule has 94 valence electrons. The molecular formula is C10H16N4O3. The van der Waals surface area contributed by atoms with E-state index in [-0.39, 0.29) is 25.0 Å². The summed E-state index contributed by atoms with van der Waals surface area (Å²) in [6.45, 7) is 1.97. The predicted molar refractivity (Wildman–Crippen MR) is 60.4 cm³/mol. The van der Waals surface area contributed by atoms with Crippen molar-refractivity contribution >= 4 is 12.0 Å². The molecule has 0 saturated carbocycles. The summed E-state index contributed by atoms with van der Waals surface area (Å²) in [5.74, 6) is -0.270. The molecule has 17 heavy (non-hydrogen) atoms. The van der Waals surface area contributed by atoms with Gasteiger partial charge in [0.25, 0.3) is 0 Å². The third kappa shape index (κ3) is 4.13. The highest BCUT2D eigenvalue weighted by Gasteiger charge is 2.15. The summed E-state index contributed by atoms with van der Waals surface area (Å²) in [5, 5.41) is 11.2. The van der Waals surface area contributed by atoms with Crippen LogP contribution in [-0.2, 0) is 4.79 Å². The van der Waals surface area contributed by atoms with Gasteiger partial charge >= 0.3 is 12.0 Å². The second kappa shape index (κ2) is 5.88. The largest absolute Gasteiger partial charge is 0.481 e. The van der Waals surface area contributed by atoms with Gasteiger partial charge in [-0.25, -0.2) is 9.78 Å². The lowest BCUT2D eigenvalue weighted by Gasteiger charge is -2.19. The van der Waals surface area contributed by atoms with Crippen LogP contribution >= 0.6 is 0 Å². The first-order valence-corrected chi connectivity index (χ1v) is 5.23. The van der Waals surface area contributed by atoms with Crippen LogP contribution in [0.15, 0.2) is 12.4 Å². The molecule has 1 aromatic heterocycles. The molecule has 0 bridgehead atoms. The van der Waals surface area contributed by atoms with Crippen LogP contribution in [-0.4, -0.2) is 45.6 Å². The summed E-state index contributed by atoms with van der Waals surface area (Å²) in [4.78, 5) is 30.2. The van der Waals surface area contributed by atoms with Crippen LogP contribution in [0, 0.1) is 0 Å². The van der Waals surface area contributed by atoms with E-state index < -0.39 is 5.97 Å². The second-order valence-corrected chi connectivity index (χ2v) is 3.71. The van der Waals surface area contributed by atoms with Crippen LogP contribution < -0.4 is 5.32 Å². The van der Waals surface area contributed by atoms with Crippen molar-refractivity contribution in [1.82, 2.24) is 20.2 Å². The van der Waals surface area contributed by atoms with Crippen LogP contribution in [0.1, 0.15) is 25.2 Å². The SMILES string of the molecule is CC(NC(=O)N(C)CCC(=O)O)c1ncc[nH]1. The number of urea groups is 1. The number of carboxylic acids is 1. The molecule has 2 amide bonds. The Morgan fingerprint density at radius 3 is 2.88 bits per heavy atom. The average Bonchev–Trinajstić information content (AvgIpc) is 2.78. The van der Waals surface area contributed by atoms with Gasteiger partial charge in [-0.3, -0.25) is 4.79 Å². The number of aliphatic carboxylic acids is 1. The molecule has 0 radical (unpaired) electrons. The van der Waals surface area contributed by atoms with Crippen LogP contribution in [0.25, 0.3) is 0 Å².